The first-order chi connectivity index (χ1) is 5.68. The Morgan fingerprint density at radius 1 is 1.31 bits per heavy atom. The Morgan fingerprint density at radius 2 is 1.77 bits per heavy atom. The molecule has 0 saturated heterocycles. The normalized spacial score (nSPS) is 9.15. The summed E-state index contributed by atoms with van der Waals surface area (Å²) in [5.74, 6) is -1.16. The average molecular weight is 212 g/mol. The van der Waals surface area contributed by atoms with Crippen molar-refractivity contribution in [3.05, 3.63) is 24.3 Å². The summed E-state index contributed by atoms with van der Waals surface area (Å²) < 4.78 is 0. The van der Waals surface area contributed by atoms with Crippen molar-refractivity contribution >= 4 is 5.97 Å². The molecule has 0 unspecified atom stereocenters. The van der Waals surface area contributed by atoms with Gasteiger partial charge in [0.1, 0.15) is 0 Å². The van der Waals surface area contributed by atoms with Gasteiger partial charge in [0, 0.05) is 0 Å². The molecule has 0 saturated carbocycles. The van der Waals surface area contributed by atoms with Crippen molar-refractivity contribution in [3.8, 4) is 0 Å². The van der Waals surface area contributed by atoms with Gasteiger partial charge in [-0.05, 0) is 13.0 Å². The van der Waals surface area contributed by atoms with E-state index in [9.17, 15) is 9.90 Å². The number of hydrogen-bond donors (Lipinski definition) is 2. The molecule has 70 valence electrons. The Labute approximate surface area is 120 Å². The number of aliphatic carboxylic acids is 1. The van der Waals surface area contributed by atoms with E-state index in [0.717, 1.165) is 6.08 Å². The molecule has 0 aromatic rings. The van der Waals surface area contributed by atoms with E-state index in [1.54, 1.807) is 19.1 Å². The first-order valence-corrected chi connectivity index (χ1v) is 3.41. The van der Waals surface area contributed by atoms with Crippen LogP contribution in [0.5, 0.6) is 0 Å². The minimum absolute atomic E-state index is 0. The van der Waals surface area contributed by atoms with Gasteiger partial charge in [-0.2, -0.15) is 0 Å². The van der Waals surface area contributed by atoms with Gasteiger partial charge in [-0.1, -0.05) is 18.2 Å². The molecule has 0 radical (unpaired) electrons. The van der Waals surface area contributed by atoms with Crippen LogP contribution in [0.2, 0.25) is 0 Å². The fourth-order valence-electron chi connectivity index (χ4n) is 0.245. The zero-order chi connectivity index (χ0) is 9.82. The van der Waals surface area contributed by atoms with Crippen molar-refractivity contribution in [3.63, 3.8) is 0 Å². The van der Waals surface area contributed by atoms with Crippen LogP contribution in [-0.4, -0.2) is 29.4 Å². The first-order valence-electron chi connectivity index (χ1n) is 3.41. The molecular formula is C8H13KO4. The number of carboxylic acid groups (broad SMARTS) is 1. The van der Waals surface area contributed by atoms with E-state index in [0.29, 0.717) is 0 Å². The third-order valence-corrected chi connectivity index (χ3v) is 0.636. The molecule has 2 N–H and O–H groups in total. The smallest absolute Gasteiger partial charge is 0.545 e. The van der Waals surface area contributed by atoms with Crippen LogP contribution < -0.4 is 56.5 Å². The number of aliphatic hydroxyl groups is 2. The van der Waals surface area contributed by atoms with Gasteiger partial charge in [0.25, 0.3) is 0 Å². The third kappa shape index (κ3) is 32.6. The van der Waals surface area contributed by atoms with Crippen LogP contribution in [0.3, 0.4) is 0 Å². The summed E-state index contributed by atoms with van der Waals surface area (Å²) >= 11 is 0. The standard InChI is InChI=1S/C6H8O2.C2H6O2.K/c1-2-3-4-5-6(7)8;3-1-2-4;/h2-5H,1H3,(H,7,8);3-4H,1-2H2;/q;;+1/p-1. The van der Waals surface area contributed by atoms with Crippen LogP contribution in [0.4, 0.5) is 0 Å². The van der Waals surface area contributed by atoms with E-state index < -0.39 is 5.97 Å². The summed E-state index contributed by atoms with van der Waals surface area (Å²) in [5, 5.41) is 24.9. The molecule has 0 aromatic carbocycles. The molecule has 0 aliphatic heterocycles. The molecule has 0 rings (SSSR count). The predicted molar refractivity (Wildman–Crippen MR) is 43.1 cm³/mol. The minimum atomic E-state index is -1.16. The number of allylic oxidation sites excluding steroid dienone is 3. The number of carbonyl (C=O) groups excluding carboxylic acids is 1. The van der Waals surface area contributed by atoms with Crippen LogP contribution in [0, 0.1) is 0 Å². The molecule has 0 aromatic heterocycles. The SMILES string of the molecule is CC=CC=CC(=O)[O-].OCCO.[K+]. The van der Waals surface area contributed by atoms with Gasteiger partial charge < -0.3 is 20.1 Å². The van der Waals surface area contributed by atoms with E-state index in [1.165, 1.54) is 6.08 Å². The molecule has 4 nitrogen and oxygen atoms in total. The summed E-state index contributed by atoms with van der Waals surface area (Å²) in [6.45, 7) is 1.56. The second kappa shape index (κ2) is 18.3. The summed E-state index contributed by atoms with van der Waals surface area (Å²) in [7, 11) is 0. The molecule has 0 aliphatic rings. The second-order valence-electron chi connectivity index (χ2n) is 1.65. The third-order valence-electron chi connectivity index (χ3n) is 0.636. The van der Waals surface area contributed by atoms with E-state index in [1.807, 2.05) is 0 Å². The first kappa shape index (κ1) is 19.1. The zero-order valence-corrected chi connectivity index (χ0v) is 11.1. The van der Waals surface area contributed by atoms with Gasteiger partial charge >= 0.3 is 51.4 Å². The van der Waals surface area contributed by atoms with Crippen LogP contribution in [0.15, 0.2) is 24.3 Å². The van der Waals surface area contributed by atoms with Crippen LogP contribution in [0.25, 0.3) is 0 Å². The van der Waals surface area contributed by atoms with Crippen LogP contribution in [-0.2, 0) is 4.79 Å². The summed E-state index contributed by atoms with van der Waals surface area (Å²) in [6.07, 6.45) is 5.74. The van der Waals surface area contributed by atoms with Crippen molar-refractivity contribution in [1.82, 2.24) is 0 Å². The van der Waals surface area contributed by atoms with E-state index >= 15 is 0 Å². The molecule has 0 spiro atoms. The Kier molecular flexibility index (Phi) is 27.0. The maximum atomic E-state index is 9.64. The number of rotatable bonds is 3. The van der Waals surface area contributed by atoms with Gasteiger partial charge in [0.05, 0.1) is 19.2 Å². The quantitative estimate of drug-likeness (QED) is 0.283. The van der Waals surface area contributed by atoms with Crippen molar-refractivity contribution in [2.24, 2.45) is 0 Å². The predicted octanol–water partition coefficient (Wildman–Crippen LogP) is -4.16. The maximum Gasteiger partial charge on any atom is 1.00 e. The molecule has 0 amide bonds. The largest absolute Gasteiger partial charge is 1.00 e. The van der Waals surface area contributed by atoms with E-state index in [-0.39, 0.29) is 64.6 Å². The monoisotopic (exact) mass is 212 g/mol. The molecule has 0 bridgehead atoms. The molecule has 5 heteroatoms. The van der Waals surface area contributed by atoms with Gasteiger partial charge in [-0.25, -0.2) is 0 Å². The molecule has 0 atom stereocenters. The minimum Gasteiger partial charge on any atom is -0.545 e. The number of carbonyl (C=O) groups is 1. The summed E-state index contributed by atoms with van der Waals surface area (Å²) in [5.41, 5.74) is 0. The second-order valence-corrected chi connectivity index (χ2v) is 1.65. The fraction of sp³-hybridized carbons (Fsp3) is 0.375. The Morgan fingerprint density at radius 3 is 2.00 bits per heavy atom. The topological polar surface area (TPSA) is 80.6 Å². The molecule has 0 fully saturated rings. The Bertz CT molecular complexity index is 152. The maximum absolute atomic E-state index is 9.64. The number of aliphatic hydroxyl groups excluding tert-OH is 2. The van der Waals surface area contributed by atoms with Crippen molar-refractivity contribution < 1.29 is 71.5 Å². The molecule has 0 aliphatic carbocycles. The van der Waals surface area contributed by atoms with Gasteiger partial charge in [-0.3, -0.25) is 0 Å². The van der Waals surface area contributed by atoms with Gasteiger partial charge in [0.2, 0.25) is 0 Å². The Balaban J connectivity index is -0.000000173. The Hall–Kier alpha value is 0.506. The molecule has 0 heterocycles. The van der Waals surface area contributed by atoms with Crippen molar-refractivity contribution in [2.45, 2.75) is 6.92 Å². The summed E-state index contributed by atoms with van der Waals surface area (Å²) in [4.78, 5) is 9.64. The number of hydrogen-bond acceptors (Lipinski definition) is 4. The molecule has 13 heavy (non-hydrogen) atoms. The van der Waals surface area contributed by atoms with E-state index in [4.69, 9.17) is 10.2 Å². The number of carboxylic acids is 1. The van der Waals surface area contributed by atoms with Crippen molar-refractivity contribution in [1.29, 1.82) is 0 Å². The summed E-state index contributed by atoms with van der Waals surface area (Å²) in [6, 6.07) is 0. The van der Waals surface area contributed by atoms with Crippen LogP contribution >= 0.6 is 0 Å². The fourth-order valence-corrected chi connectivity index (χ4v) is 0.245. The van der Waals surface area contributed by atoms with Gasteiger partial charge in [0.15, 0.2) is 0 Å². The van der Waals surface area contributed by atoms with Crippen LogP contribution in [0.1, 0.15) is 6.92 Å². The average Bonchev–Trinajstić information content (AvgIpc) is 2.05. The van der Waals surface area contributed by atoms with Gasteiger partial charge in [-0.15, -0.1) is 0 Å². The van der Waals surface area contributed by atoms with E-state index in [2.05, 4.69) is 0 Å². The van der Waals surface area contributed by atoms with Crippen molar-refractivity contribution in [2.75, 3.05) is 13.2 Å². The zero-order valence-electron chi connectivity index (χ0n) is 7.93. The molecular weight excluding hydrogens is 199 g/mol.